The minimum atomic E-state index is -0.183. The fraction of sp³-hybridized carbons (Fsp3) is 0.500. The molecule has 0 saturated carbocycles. The highest BCUT2D eigenvalue weighted by molar-refractivity contribution is 7.17. The van der Waals surface area contributed by atoms with Crippen LogP contribution in [0.15, 0.2) is 17.2 Å². The number of halogens is 1. The van der Waals surface area contributed by atoms with Gasteiger partial charge in [0.1, 0.15) is 0 Å². The first kappa shape index (κ1) is 13.5. The zero-order valence-corrected chi connectivity index (χ0v) is 11.9. The molecule has 0 spiro atoms. The molecule has 1 amide bonds. The highest BCUT2D eigenvalue weighted by atomic mass is 35.5. The van der Waals surface area contributed by atoms with Crippen LogP contribution in [0.3, 0.4) is 0 Å². The number of rotatable bonds is 3. The second-order valence-corrected chi connectivity index (χ2v) is 5.87. The van der Waals surface area contributed by atoms with E-state index in [4.69, 9.17) is 11.6 Å². The van der Waals surface area contributed by atoms with Crippen LogP contribution in [-0.4, -0.2) is 36.2 Å². The molecule has 0 aromatic carbocycles. The fourth-order valence-corrected chi connectivity index (χ4v) is 2.79. The van der Waals surface area contributed by atoms with Crippen LogP contribution in [0.1, 0.15) is 29.4 Å². The summed E-state index contributed by atoms with van der Waals surface area (Å²) in [5.74, 6) is -0.183. The predicted molar refractivity (Wildman–Crippen MR) is 75.6 cm³/mol. The van der Waals surface area contributed by atoms with Crippen LogP contribution in [0.25, 0.3) is 0 Å². The number of nitrogens with one attached hydrogen (secondary N) is 1. The molecule has 98 valence electrons. The molecule has 1 aliphatic rings. The Balaban J connectivity index is 1.86. The molecule has 0 atom stereocenters. The van der Waals surface area contributed by atoms with Gasteiger partial charge in [0, 0.05) is 31.6 Å². The number of carbonyl (C=O) groups is 1. The summed E-state index contributed by atoms with van der Waals surface area (Å²) in [5.41, 5.74) is 3.66. The van der Waals surface area contributed by atoms with Crippen molar-refractivity contribution >= 4 is 34.6 Å². The Labute approximate surface area is 116 Å². The van der Waals surface area contributed by atoms with E-state index in [2.05, 4.69) is 22.4 Å². The monoisotopic (exact) mass is 285 g/mol. The maximum absolute atomic E-state index is 11.7. The van der Waals surface area contributed by atoms with Crippen LogP contribution in [0, 0.1) is 0 Å². The molecule has 0 radical (unpaired) electrons. The Morgan fingerprint density at radius 2 is 2.22 bits per heavy atom. The summed E-state index contributed by atoms with van der Waals surface area (Å²) in [5, 5.41) is 4.19. The maximum Gasteiger partial charge on any atom is 0.281 e. The maximum atomic E-state index is 11.7. The lowest BCUT2D eigenvalue weighted by Gasteiger charge is -2.25. The van der Waals surface area contributed by atoms with Gasteiger partial charge in [-0.15, -0.1) is 11.3 Å². The number of carbonyl (C=O) groups excluding carboxylic acids is 1. The lowest BCUT2D eigenvalue weighted by Crippen LogP contribution is -2.34. The van der Waals surface area contributed by atoms with Crippen molar-refractivity contribution in [2.24, 2.45) is 5.10 Å². The van der Waals surface area contributed by atoms with Crippen molar-refractivity contribution in [2.75, 3.05) is 19.6 Å². The number of hydrogen-bond acceptors (Lipinski definition) is 4. The van der Waals surface area contributed by atoms with Gasteiger partial charge in [0.15, 0.2) is 0 Å². The predicted octanol–water partition coefficient (Wildman–Crippen LogP) is 2.60. The van der Waals surface area contributed by atoms with E-state index in [0.717, 1.165) is 38.2 Å². The lowest BCUT2D eigenvalue weighted by atomic mass is 10.1. The smallest absolute Gasteiger partial charge is 0.281 e. The molecular weight excluding hydrogens is 270 g/mol. The molecular formula is C12H16ClN3OS. The fourth-order valence-electron chi connectivity index (χ4n) is 1.86. The number of hydrazone groups is 1. The number of hydrogen-bond donors (Lipinski definition) is 1. The molecule has 1 N–H and O–H groups in total. The first-order valence-corrected chi connectivity index (χ1v) is 7.22. The summed E-state index contributed by atoms with van der Waals surface area (Å²) in [6, 6.07) is 3.43. The van der Waals surface area contributed by atoms with Crippen LogP contribution in [0.4, 0.5) is 0 Å². The first-order chi connectivity index (χ1) is 8.69. The summed E-state index contributed by atoms with van der Waals surface area (Å²) < 4.78 is 0.615. The minimum Gasteiger partial charge on any atom is -0.303 e. The molecule has 2 rings (SSSR count). The van der Waals surface area contributed by atoms with E-state index < -0.39 is 0 Å². The molecule has 6 heteroatoms. The van der Waals surface area contributed by atoms with E-state index >= 15 is 0 Å². The molecule has 4 nitrogen and oxygen atoms in total. The third-order valence-corrected chi connectivity index (χ3v) is 4.22. The molecule has 2 heterocycles. The van der Waals surface area contributed by atoms with E-state index in [1.54, 1.807) is 12.1 Å². The van der Waals surface area contributed by atoms with Gasteiger partial charge in [-0.25, -0.2) is 5.43 Å². The van der Waals surface area contributed by atoms with Crippen molar-refractivity contribution in [3.05, 3.63) is 21.3 Å². The molecule has 0 aliphatic carbocycles. The van der Waals surface area contributed by atoms with Gasteiger partial charge in [-0.1, -0.05) is 18.5 Å². The highest BCUT2D eigenvalue weighted by Crippen LogP contribution is 2.21. The summed E-state index contributed by atoms with van der Waals surface area (Å²) in [4.78, 5) is 14.7. The topological polar surface area (TPSA) is 44.7 Å². The van der Waals surface area contributed by atoms with Crippen LogP contribution >= 0.6 is 22.9 Å². The third-order valence-electron chi connectivity index (χ3n) is 2.99. The third kappa shape index (κ3) is 3.54. The van der Waals surface area contributed by atoms with Gasteiger partial charge in [0.25, 0.3) is 5.91 Å². The second-order valence-electron chi connectivity index (χ2n) is 4.16. The zero-order valence-electron chi connectivity index (χ0n) is 10.3. The van der Waals surface area contributed by atoms with Crippen molar-refractivity contribution < 1.29 is 4.79 Å². The van der Waals surface area contributed by atoms with Gasteiger partial charge in [-0.2, -0.15) is 5.10 Å². The van der Waals surface area contributed by atoms with Crippen molar-refractivity contribution in [3.63, 3.8) is 0 Å². The Morgan fingerprint density at radius 3 is 2.78 bits per heavy atom. The number of thiophene rings is 1. The number of amides is 1. The normalized spacial score (nSPS) is 16.7. The SMILES string of the molecule is CCN1CCC(=NNC(=O)c2ccc(Cl)s2)CC1. The van der Waals surface area contributed by atoms with Gasteiger partial charge in [0.2, 0.25) is 0 Å². The molecule has 1 fully saturated rings. The van der Waals surface area contributed by atoms with Crippen molar-refractivity contribution in [1.82, 2.24) is 10.3 Å². The average Bonchev–Trinajstić information content (AvgIpc) is 2.83. The van der Waals surface area contributed by atoms with Crippen LogP contribution < -0.4 is 5.43 Å². The molecule has 1 aliphatic heterocycles. The standard InChI is InChI=1S/C12H16ClN3OS/c1-2-16-7-5-9(6-8-16)14-15-12(17)10-3-4-11(13)18-10/h3-4H,2,5-8H2,1H3,(H,15,17). The van der Waals surface area contributed by atoms with Crippen LogP contribution in [-0.2, 0) is 0 Å². The van der Waals surface area contributed by atoms with Crippen LogP contribution in [0.5, 0.6) is 0 Å². The van der Waals surface area contributed by atoms with Gasteiger partial charge < -0.3 is 4.90 Å². The molecule has 0 bridgehead atoms. The first-order valence-electron chi connectivity index (χ1n) is 6.02. The van der Waals surface area contributed by atoms with E-state index in [9.17, 15) is 4.79 Å². The zero-order chi connectivity index (χ0) is 13.0. The molecule has 18 heavy (non-hydrogen) atoms. The Morgan fingerprint density at radius 1 is 1.50 bits per heavy atom. The van der Waals surface area contributed by atoms with Crippen molar-refractivity contribution in [1.29, 1.82) is 0 Å². The number of nitrogens with zero attached hydrogens (tertiary/aromatic N) is 2. The summed E-state index contributed by atoms with van der Waals surface area (Å²) in [6.07, 6.45) is 1.86. The van der Waals surface area contributed by atoms with Gasteiger partial charge in [-0.3, -0.25) is 4.79 Å². The van der Waals surface area contributed by atoms with Gasteiger partial charge in [0.05, 0.1) is 9.21 Å². The summed E-state index contributed by atoms with van der Waals surface area (Å²) in [7, 11) is 0. The van der Waals surface area contributed by atoms with E-state index in [1.165, 1.54) is 11.3 Å². The van der Waals surface area contributed by atoms with E-state index in [0.29, 0.717) is 9.21 Å². The number of likely N-dealkylation sites (tertiary alicyclic amines) is 1. The Bertz CT molecular complexity index is 448. The van der Waals surface area contributed by atoms with Crippen molar-refractivity contribution in [3.8, 4) is 0 Å². The van der Waals surface area contributed by atoms with Crippen molar-refractivity contribution in [2.45, 2.75) is 19.8 Å². The Kier molecular flexibility index (Phi) is 4.74. The summed E-state index contributed by atoms with van der Waals surface area (Å²) in [6.45, 7) is 5.28. The van der Waals surface area contributed by atoms with E-state index in [-0.39, 0.29) is 5.91 Å². The number of piperidine rings is 1. The van der Waals surface area contributed by atoms with Gasteiger partial charge >= 0.3 is 0 Å². The highest BCUT2D eigenvalue weighted by Gasteiger charge is 2.14. The Hall–Kier alpha value is -0.910. The largest absolute Gasteiger partial charge is 0.303 e. The molecule has 1 saturated heterocycles. The molecule has 1 aromatic heterocycles. The molecule has 1 aromatic rings. The second kappa shape index (κ2) is 6.31. The quantitative estimate of drug-likeness (QED) is 0.868. The van der Waals surface area contributed by atoms with E-state index in [1.807, 2.05) is 0 Å². The summed E-state index contributed by atoms with van der Waals surface area (Å²) >= 11 is 7.04. The van der Waals surface area contributed by atoms with Gasteiger partial charge in [-0.05, 0) is 18.7 Å². The average molecular weight is 286 g/mol. The van der Waals surface area contributed by atoms with Crippen LogP contribution in [0.2, 0.25) is 4.34 Å². The lowest BCUT2D eigenvalue weighted by molar-refractivity contribution is 0.0958. The molecule has 0 unspecified atom stereocenters. The minimum absolute atomic E-state index is 0.183.